The van der Waals surface area contributed by atoms with E-state index >= 15 is 0 Å². The minimum absolute atomic E-state index is 0. The van der Waals surface area contributed by atoms with Gasteiger partial charge in [0.15, 0.2) is 5.13 Å². The highest BCUT2D eigenvalue weighted by molar-refractivity contribution is 7.15. The summed E-state index contributed by atoms with van der Waals surface area (Å²) in [5.74, 6) is -0.0966. The van der Waals surface area contributed by atoms with Crippen molar-refractivity contribution in [2.75, 3.05) is 18.9 Å². The van der Waals surface area contributed by atoms with Crippen LogP contribution in [-0.4, -0.2) is 24.5 Å². The molecule has 0 aliphatic carbocycles. The number of hydrogen-bond donors (Lipinski definition) is 2. The summed E-state index contributed by atoms with van der Waals surface area (Å²) in [6.07, 6.45) is -1.06. The van der Waals surface area contributed by atoms with Gasteiger partial charge in [0.1, 0.15) is 0 Å². The minimum Gasteiger partial charge on any atom is -0.320 e. The van der Waals surface area contributed by atoms with Crippen LogP contribution in [0.4, 0.5) is 18.3 Å². The first kappa shape index (κ1) is 21.4. The summed E-state index contributed by atoms with van der Waals surface area (Å²) in [6.45, 7) is 0.768. The number of thiazole rings is 1. The normalized spacial score (nSPS) is 11.0. The quantitative estimate of drug-likeness (QED) is 0.696. The van der Waals surface area contributed by atoms with Gasteiger partial charge in [0.25, 0.3) is 0 Å². The smallest absolute Gasteiger partial charge is 0.320 e. The van der Waals surface area contributed by atoms with Crippen LogP contribution in [0.3, 0.4) is 0 Å². The van der Waals surface area contributed by atoms with E-state index in [1.807, 2.05) is 7.05 Å². The molecule has 2 N–H and O–H groups in total. The predicted molar refractivity (Wildman–Crippen MR) is 95.4 cm³/mol. The maximum Gasteiger partial charge on any atom is 0.416 e. The molecular formula is C16H19ClF3N3OS. The molecule has 0 saturated heterocycles. The Balaban J connectivity index is 0.00000312. The molecule has 1 aromatic heterocycles. The van der Waals surface area contributed by atoms with E-state index in [2.05, 4.69) is 15.6 Å². The number of anilines is 1. The van der Waals surface area contributed by atoms with Gasteiger partial charge in [-0.05, 0) is 37.7 Å². The van der Waals surface area contributed by atoms with E-state index in [0.29, 0.717) is 18.0 Å². The third-order valence-electron chi connectivity index (χ3n) is 3.29. The summed E-state index contributed by atoms with van der Waals surface area (Å²) in [5, 5.41) is 6.20. The van der Waals surface area contributed by atoms with Gasteiger partial charge < -0.3 is 10.6 Å². The highest BCUT2D eigenvalue weighted by Crippen LogP contribution is 2.29. The average Bonchev–Trinajstić information content (AvgIpc) is 2.94. The molecule has 1 amide bonds. The molecule has 138 valence electrons. The Hall–Kier alpha value is -1.64. The number of alkyl halides is 3. The van der Waals surface area contributed by atoms with E-state index in [1.54, 1.807) is 6.20 Å². The molecule has 0 aliphatic heterocycles. The fraction of sp³-hybridized carbons (Fsp3) is 0.375. The lowest BCUT2D eigenvalue weighted by molar-refractivity contribution is -0.137. The molecule has 0 aliphatic rings. The third kappa shape index (κ3) is 7.01. The minimum atomic E-state index is -4.33. The number of nitrogens with zero attached hydrogens (tertiary/aromatic N) is 1. The van der Waals surface area contributed by atoms with Crippen molar-refractivity contribution in [2.24, 2.45) is 0 Å². The zero-order valence-corrected chi connectivity index (χ0v) is 15.2. The van der Waals surface area contributed by atoms with Crippen molar-refractivity contribution in [3.63, 3.8) is 0 Å². The topological polar surface area (TPSA) is 54.0 Å². The van der Waals surface area contributed by atoms with Gasteiger partial charge in [-0.25, -0.2) is 4.98 Å². The Morgan fingerprint density at radius 1 is 1.24 bits per heavy atom. The van der Waals surface area contributed by atoms with Gasteiger partial charge in [0.2, 0.25) is 5.91 Å². The van der Waals surface area contributed by atoms with Crippen molar-refractivity contribution in [3.05, 3.63) is 46.5 Å². The van der Waals surface area contributed by atoms with Crippen molar-refractivity contribution < 1.29 is 18.0 Å². The van der Waals surface area contributed by atoms with Gasteiger partial charge >= 0.3 is 6.18 Å². The first-order valence-corrected chi connectivity index (χ1v) is 8.25. The lowest BCUT2D eigenvalue weighted by Crippen LogP contribution is -2.14. The Morgan fingerprint density at radius 3 is 2.52 bits per heavy atom. The largest absolute Gasteiger partial charge is 0.416 e. The molecular weight excluding hydrogens is 375 g/mol. The lowest BCUT2D eigenvalue weighted by atomic mass is 10.1. The van der Waals surface area contributed by atoms with E-state index in [1.165, 1.54) is 23.5 Å². The zero-order chi connectivity index (χ0) is 17.6. The molecule has 9 heteroatoms. The lowest BCUT2D eigenvalue weighted by Gasteiger charge is -2.06. The van der Waals surface area contributed by atoms with Gasteiger partial charge in [0.05, 0.1) is 5.56 Å². The van der Waals surface area contributed by atoms with E-state index in [4.69, 9.17) is 0 Å². The summed E-state index contributed by atoms with van der Waals surface area (Å²) in [6, 6.07) is 5.05. The molecule has 0 unspecified atom stereocenters. The maximum atomic E-state index is 12.5. The molecule has 0 radical (unpaired) electrons. The first-order valence-electron chi connectivity index (χ1n) is 7.44. The van der Waals surface area contributed by atoms with Crippen molar-refractivity contribution in [3.8, 4) is 0 Å². The fourth-order valence-electron chi connectivity index (χ4n) is 2.07. The molecule has 2 aromatic rings. The van der Waals surface area contributed by atoms with E-state index in [0.717, 1.165) is 35.5 Å². The van der Waals surface area contributed by atoms with Crippen LogP contribution < -0.4 is 10.6 Å². The number of halogens is 4. The third-order valence-corrected chi connectivity index (χ3v) is 4.20. The number of carbonyl (C=O) groups is 1. The number of carbonyl (C=O) groups excluding carboxylic acids is 1. The second-order valence-corrected chi connectivity index (χ2v) is 6.37. The van der Waals surface area contributed by atoms with Crippen LogP contribution >= 0.6 is 23.7 Å². The van der Waals surface area contributed by atoms with Crippen molar-refractivity contribution in [1.82, 2.24) is 10.3 Å². The van der Waals surface area contributed by atoms with Crippen molar-refractivity contribution >= 4 is 34.8 Å². The van der Waals surface area contributed by atoms with E-state index < -0.39 is 11.7 Å². The molecule has 25 heavy (non-hydrogen) atoms. The molecule has 0 fully saturated rings. The molecule has 0 atom stereocenters. The number of rotatable bonds is 7. The first-order chi connectivity index (χ1) is 11.4. The van der Waals surface area contributed by atoms with E-state index in [9.17, 15) is 18.0 Å². The SMILES string of the molecule is CNCCCC(=O)Nc1ncc(Cc2ccc(C(F)(F)F)cc2)s1.Cl. The average molecular weight is 394 g/mol. The summed E-state index contributed by atoms with van der Waals surface area (Å²) in [5.41, 5.74) is 0.101. The maximum absolute atomic E-state index is 12.5. The molecule has 1 heterocycles. The monoisotopic (exact) mass is 393 g/mol. The second-order valence-electron chi connectivity index (χ2n) is 5.26. The standard InChI is InChI=1S/C16H18F3N3OS.ClH/c1-20-8-2-3-14(23)22-15-21-10-13(24-15)9-11-4-6-12(7-5-11)16(17,18)19;/h4-7,10,20H,2-3,8-9H2,1H3,(H,21,22,23);1H. The Kier molecular flexibility index (Phi) is 8.34. The van der Waals surface area contributed by atoms with Gasteiger partial charge in [-0.2, -0.15) is 13.2 Å². The summed E-state index contributed by atoms with van der Waals surface area (Å²) in [7, 11) is 1.83. The van der Waals surface area contributed by atoms with Crippen LogP contribution in [0.5, 0.6) is 0 Å². The second kappa shape index (κ2) is 9.74. The van der Waals surface area contributed by atoms with Crippen LogP contribution in [0.2, 0.25) is 0 Å². The van der Waals surface area contributed by atoms with Crippen LogP contribution in [0.25, 0.3) is 0 Å². The van der Waals surface area contributed by atoms with Crippen molar-refractivity contribution in [2.45, 2.75) is 25.4 Å². The molecule has 0 saturated carbocycles. The predicted octanol–water partition coefficient (Wildman–Crippen LogP) is 4.11. The number of aromatic nitrogens is 1. The van der Waals surface area contributed by atoms with Crippen LogP contribution in [0, 0.1) is 0 Å². The molecule has 4 nitrogen and oxygen atoms in total. The highest BCUT2D eigenvalue weighted by Gasteiger charge is 2.29. The van der Waals surface area contributed by atoms with Crippen LogP contribution in [-0.2, 0) is 17.4 Å². The molecule has 2 rings (SSSR count). The summed E-state index contributed by atoms with van der Waals surface area (Å²) in [4.78, 5) is 16.7. The Bertz CT molecular complexity index is 674. The van der Waals surface area contributed by atoms with Crippen LogP contribution in [0.1, 0.15) is 28.8 Å². The number of amides is 1. The number of hydrogen-bond acceptors (Lipinski definition) is 4. The van der Waals surface area contributed by atoms with Gasteiger partial charge in [-0.15, -0.1) is 23.7 Å². The van der Waals surface area contributed by atoms with Gasteiger partial charge in [-0.1, -0.05) is 12.1 Å². The van der Waals surface area contributed by atoms with E-state index in [-0.39, 0.29) is 18.3 Å². The summed E-state index contributed by atoms with van der Waals surface area (Å²) < 4.78 is 37.6. The molecule has 0 bridgehead atoms. The molecule has 0 spiro atoms. The highest BCUT2D eigenvalue weighted by atomic mass is 35.5. The van der Waals surface area contributed by atoms with Crippen LogP contribution in [0.15, 0.2) is 30.5 Å². The fourth-order valence-corrected chi connectivity index (χ4v) is 2.93. The number of benzene rings is 1. The van der Waals surface area contributed by atoms with Gasteiger partial charge in [-0.3, -0.25) is 4.79 Å². The summed E-state index contributed by atoms with van der Waals surface area (Å²) >= 11 is 1.32. The number of nitrogens with one attached hydrogen (secondary N) is 2. The van der Waals surface area contributed by atoms with Gasteiger partial charge in [0, 0.05) is 23.9 Å². The molecule has 1 aromatic carbocycles. The Morgan fingerprint density at radius 2 is 1.92 bits per heavy atom. The Labute approximate surface area is 154 Å². The zero-order valence-electron chi connectivity index (χ0n) is 13.5. The van der Waals surface area contributed by atoms with Crippen molar-refractivity contribution in [1.29, 1.82) is 0 Å².